The number of rotatable bonds is 14. The number of hydroxylamine groups is 3. The van der Waals surface area contributed by atoms with E-state index >= 15 is 0 Å². The first-order chi connectivity index (χ1) is 23.2. The number of carbonyl (C=O) groups is 6. The molecule has 2 aromatic rings. The third-order valence-corrected chi connectivity index (χ3v) is 8.29. The maximum Gasteiger partial charge on any atom is 0.363 e. The van der Waals surface area contributed by atoms with Crippen LogP contribution < -0.4 is 21.8 Å². The highest BCUT2D eigenvalue weighted by Gasteiger charge is 2.41. The second-order valence-corrected chi connectivity index (χ2v) is 13.0. The van der Waals surface area contributed by atoms with Crippen molar-refractivity contribution in [3.63, 3.8) is 0 Å². The zero-order valence-electron chi connectivity index (χ0n) is 28.6. The fourth-order valence-corrected chi connectivity index (χ4v) is 5.50. The smallest absolute Gasteiger partial charge is 0.343 e. The fourth-order valence-electron chi connectivity index (χ4n) is 5.50. The first-order valence-electron chi connectivity index (χ1n) is 16.5. The standard InChI is InChI=1S/C35H48N6O8/c1-21(2)19-26(30(42)39-48)38-31(43)27-17-12-18-40(27)33(45)23(5)37-32(44)28(20-24-13-8-6-9-14-24)41(34(46)29(36)22(3)4)49-35(47)25-15-10-7-11-16-25/h6-11,13-16,21-23,26-29,48H,12,17-20,36H2,1-5H3,(H,37,44)(H,38,43)(H,39,42)/t23-,26-,27-,28-,29-/m0/s1. The molecule has 266 valence electrons. The minimum atomic E-state index is -1.42. The van der Waals surface area contributed by atoms with E-state index in [1.807, 2.05) is 13.8 Å². The summed E-state index contributed by atoms with van der Waals surface area (Å²) in [5.74, 6) is -4.70. The lowest BCUT2D eigenvalue weighted by Gasteiger charge is -2.33. The molecular formula is C35H48N6O8. The number of benzene rings is 2. The van der Waals surface area contributed by atoms with Crippen molar-refractivity contribution in [3.05, 3.63) is 71.8 Å². The van der Waals surface area contributed by atoms with Gasteiger partial charge in [0.25, 0.3) is 11.8 Å². The van der Waals surface area contributed by atoms with Crippen LogP contribution in [0.3, 0.4) is 0 Å². The Bertz CT molecular complexity index is 1450. The van der Waals surface area contributed by atoms with Gasteiger partial charge in [0.15, 0.2) is 6.04 Å². The summed E-state index contributed by atoms with van der Waals surface area (Å²) in [7, 11) is 0. The van der Waals surface area contributed by atoms with Gasteiger partial charge in [-0.1, -0.05) is 76.2 Å². The van der Waals surface area contributed by atoms with Gasteiger partial charge in [0.05, 0.1) is 11.6 Å². The molecule has 49 heavy (non-hydrogen) atoms. The van der Waals surface area contributed by atoms with Gasteiger partial charge in [0.1, 0.15) is 18.1 Å². The lowest BCUT2D eigenvalue weighted by molar-refractivity contribution is -0.184. The Labute approximate surface area is 286 Å². The van der Waals surface area contributed by atoms with E-state index < -0.39 is 65.7 Å². The third kappa shape index (κ3) is 10.6. The number of hydrogen-bond donors (Lipinski definition) is 5. The maximum atomic E-state index is 14.1. The van der Waals surface area contributed by atoms with Gasteiger partial charge in [-0.05, 0) is 55.7 Å². The molecule has 0 radical (unpaired) electrons. The molecule has 0 aromatic heterocycles. The number of nitrogens with two attached hydrogens (primary N) is 1. The molecule has 5 amide bonds. The molecule has 1 aliphatic rings. The lowest BCUT2D eigenvalue weighted by atomic mass is 10.0. The predicted molar refractivity (Wildman–Crippen MR) is 179 cm³/mol. The van der Waals surface area contributed by atoms with Crippen LogP contribution in [0, 0.1) is 11.8 Å². The van der Waals surface area contributed by atoms with Crippen LogP contribution in [0.1, 0.15) is 69.8 Å². The van der Waals surface area contributed by atoms with Gasteiger partial charge in [0, 0.05) is 13.0 Å². The van der Waals surface area contributed by atoms with Gasteiger partial charge >= 0.3 is 5.97 Å². The van der Waals surface area contributed by atoms with Crippen molar-refractivity contribution < 1.29 is 38.8 Å². The van der Waals surface area contributed by atoms with Gasteiger partial charge in [0.2, 0.25) is 17.7 Å². The molecule has 3 rings (SSSR count). The first-order valence-corrected chi connectivity index (χ1v) is 16.5. The Morgan fingerprint density at radius 2 is 1.53 bits per heavy atom. The first kappa shape index (κ1) is 38.6. The second-order valence-electron chi connectivity index (χ2n) is 13.0. The Morgan fingerprint density at radius 3 is 2.10 bits per heavy atom. The van der Waals surface area contributed by atoms with Crippen molar-refractivity contribution in [1.82, 2.24) is 26.1 Å². The monoisotopic (exact) mass is 680 g/mol. The van der Waals surface area contributed by atoms with Crippen molar-refractivity contribution in [3.8, 4) is 0 Å². The second kappa shape index (κ2) is 18.1. The van der Waals surface area contributed by atoms with Crippen LogP contribution in [0.4, 0.5) is 0 Å². The van der Waals surface area contributed by atoms with Crippen LogP contribution in [0.25, 0.3) is 0 Å². The third-order valence-electron chi connectivity index (χ3n) is 8.29. The molecule has 1 aliphatic heterocycles. The van der Waals surface area contributed by atoms with Gasteiger partial charge in [-0.15, -0.1) is 0 Å². The molecule has 0 unspecified atom stereocenters. The van der Waals surface area contributed by atoms with E-state index in [0.717, 1.165) is 0 Å². The van der Waals surface area contributed by atoms with E-state index in [2.05, 4.69) is 10.6 Å². The summed E-state index contributed by atoms with van der Waals surface area (Å²) in [5, 5.41) is 15.1. The van der Waals surface area contributed by atoms with Crippen LogP contribution in [0.2, 0.25) is 0 Å². The van der Waals surface area contributed by atoms with Crippen LogP contribution in [-0.4, -0.2) is 87.4 Å². The normalized spacial score (nSPS) is 16.7. The van der Waals surface area contributed by atoms with E-state index in [0.29, 0.717) is 23.5 Å². The highest BCUT2D eigenvalue weighted by atomic mass is 16.7. The minimum absolute atomic E-state index is 0.0245. The Balaban J connectivity index is 1.87. The molecule has 14 nitrogen and oxygen atoms in total. The quantitative estimate of drug-likeness (QED) is 0.146. The van der Waals surface area contributed by atoms with Gasteiger partial charge < -0.3 is 26.1 Å². The zero-order chi connectivity index (χ0) is 36.2. The molecule has 6 N–H and O–H groups in total. The van der Waals surface area contributed by atoms with Gasteiger partial charge in [-0.25, -0.2) is 10.3 Å². The SMILES string of the molecule is CC(C)C[C@H](NC(=O)[C@@H]1CCCN1C(=O)[C@H](C)NC(=O)[C@H](Cc1ccccc1)N(OC(=O)c1ccccc1)C(=O)[C@@H](N)C(C)C)C(=O)NO. The average Bonchev–Trinajstić information content (AvgIpc) is 3.58. The average molecular weight is 681 g/mol. The maximum absolute atomic E-state index is 14.1. The Morgan fingerprint density at radius 1 is 0.918 bits per heavy atom. The van der Waals surface area contributed by atoms with E-state index in [1.165, 1.54) is 24.0 Å². The number of likely N-dealkylation sites (tertiary alicyclic amines) is 1. The lowest BCUT2D eigenvalue weighted by Crippen LogP contribution is -2.59. The molecule has 14 heteroatoms. The Hall–Kier alpha value is -4.82. The van der Waals surface area contributed by atoms with E-state index in [-0.39, 0.29) is 36.8 Å². The van der Waals surface area contributed by atoms with Crippen molar-refractivity contribution >= 4 is 35.5 Å². The van der Waals surface area contributed by atoms with Crippen LogP contribution in [0.15, 0.2) is 60.7 Å². The molecule has 0 spiro atoms. The molecule has 0 aliphatic carbocycles. The molecule has 0 bridgehead atoms. The van der Waals surface area contributed by atoms with Crippen molar-refractivity contribution in [2.24, 2.45) is 17.6 Å². The highest BCUT2D eigenvalue weighted by Crippen LogP contribution is 2.21. The van der Waals surface area contributed by atoms with Gasteiger partial charge in [-0.2, -0.15) is 5.06 Å². The summed E-state index contributed by atoms with van der Waals surface area (Å²) in [4.78, 5) is 87.1. The number of nitrogens with one attached hydrogen (secondary N) is 3. The fraction of sp³-hybridized carbons (Fsp3) is 0.486. The van der Waals surface area contributed by atoms with Crippen molar-refractivity contribution in [1.29, 1.82) is 0 Å². The summed E-state index contributed by atoms with van der Waals surface area (Å²) < 4.78 is 0. The van der Waals surface area contributed by atoms with E-state index in [1.54, 1.807) is 67.9 Å². The van der Waals surface area contributed by atoms with Crippen molar-refractivity contribution in [2.75, 3.05) is 6.54 Å². The molecule has 5 atom stereocenters. The number of carbonyl (C=O) groups excluding carboxylic acids is 6. The summed E-state index contributed by atoms with van der Waals surface area (Å²) in [6, 6.07) is 11.1. The predicted octanol–water partition coefficient (Wildman–Crippen LogP) is 1.71. The molecule has 1 fully saturated rings. The number of nitrogens with zero attached hydrogens (tertiary/aromatic N) is 2. The molecule has 2 aromatic carbocycles. The number of hydrogen-bond acceptors (Lipinski definition) is 9. The topological polar surface area (TPSA) is 200 Å². The minimum Gasteiger partial charge on any atom is -0.343 e. The van der Waals surface area contributed by atoms with Crippen LogP contribution in [0.5, 0.6) is 0 Å². The summed E-state index contributed by atoms with van der Waals surface area (Å²) >= 11 is 0. The summed E-state index contributed by atoms with van der Waals surface area (Å²) in [6.07, 6.45) is 1.02. The molecular weight excluding hydrogens is 632 g/mol. The largest absolute Gasteiger partial charge is 0.363 e. The van der Waals surface area contributed by atoms with Gasteiger partial charge in [-0.3, -0.25) is 29.2 Å². The van der Waals surface area contributed by atoms with Crippen molar-refractivity contribution in [2.45, 2.75) is 90.5 Å². The van der Waals surface area contributed by atoms with E-state index in [4.69, 9.17) is 15.8 Å². The molecule has 1 heterocycles. The van der Waals surface area contributed by atoms with Crippen LogP contribution in [-0.2, 0) is 35.2 Å². The van der Waals surface area contributed by atoms with E-state index in [9.17, 15) is 28.8 Å². The summed E-state index contributed by atoms with van der Waals surface area (Å²) in [5.41, 5.74) is 8.58. The highest BCUT2D eigenvalue weighted by molar-refractivity contribution is 5.97. The molecule has 0 saturated carbocycles. The summed E-state index contributed by atoms with van der Waals surface area (Å²) in [6.45, 7) is 8.84. The zero-order valence-corrected chi connectivity index (χ0v) is 28.6. The number of amides is 5. The van der Waals surface area contributed by atoms with Crippen LogP contribution >= 0.6 is 0 Å². The molecule has 1 saturated heterocycles. The Kier molecular flexibility index (Phi) is 14.3.